The molecule has 1 unspecified atom stereocenters. The number of likely N-dealkylation sites (tertiary alicyclic amines) is 1. The van der Waals surface area contributed by atoms with Crippen molar-refractivity contribution in [1.82, 2.24) is 25.1 Å². The molecular weight excluding hydrogens is 204 g/mol. The normalized spacial score (nSPS) is 19.6. The first kappa shape index (κ1) is 11.3. The fourth-order valence-electron chi connectivity index (χ4n) is 2.11. The lowest BCUT2D eigenvalue weighted by atomic mass is 10.1. The fourth-order valence-corrected chi connectivity index (χ4v) is 2.11. The van der Waals surface area contributed by atoms with E-state index in [1.165, 1.54) is 32.4 Å². The molecule has 0 bridgehead atoms. The Morgan fingerprint density at radius 3 is 2.69 bits per heavy atom. The average molecular weight is 224 g/mol. The van der Waals surface area contributed by atoms with Gasteiger partial charge >= 0.3 is 0 Å². The Hall–Kier alpha value is -1.17. The maximum atomic E-state index is 3.91. The molecule has 1 atom stereocenters. The molecule has 0 saturated carbocycles. The first-order chi connectivity index (χ1) is 7.77. The van der Waals surface area contributed by atoms with E-state index in [1.807, 2.05) is 7.05 Å². The molecule has 1 aliphatic rings. The molecule has 1 fully saturated rings. The quantitative estimate of drug-likeness (QED) is 0.807. The Morgan fingerprint density at radius 2 is 2.06 bits per heavy atom. The molecule has 90 valence electrons. The van der Waals surface area contributed by atoms with Crippen molar-refractivity contribution >= 4 is 5.95 Å². The van der Waals surface area contributed by atoms with Gasteiger partial charge in [0.2, 0.25) is 5.95 Å². The van der Waals surface area contributed by atoms with Gasteiger partial charge in [-0.15, -0.1) is 0 Å². The Balaban J connectivity index is 1.78. The number of aryl methyl sites for hydroxylation is 1. The van der Waals surface area contributed by atoms with Crippen LogP contribution in [0.4, 0.5) is 5.95 Å². The number of aromatic nitrogens is 4. The van der Waals surface area contributed by atoms with E-state index in [1.54, 1.807) is 4.68 Å². The van der Waals surface area contributed by atoms with Gasteiger partial charge in [-0.2, -0.15) is 0 Å². The first-order valence-electron chi connectivity index (χ1n) is 5.97. The van der Waals surface area contributed by atoms with Crippen molar-refractivity contribution in [2.24, 2.45) is 7.05 Å². The Morgan fingerprint density at radius 1 is 1.31 bits per heavy atom. The maximum absolute atomic E-state index is 3.91. The fraction of sp³-hybridized carbons (Fsp3) is 0.900. The molecule has 0 radical (unpaired) electrons. The van der Waals surface area contributed by atoms with Gasteiger partial charge in [0.25, 0.3) is 0 Å². The van der Waals surface area contributed by atoms with Crippen LogP contribution in [0.2, 0.25) is 0 Å². The number of tetrazole rings is 1. The zero-order chi connectivity index (χ0) is 11.4. The number of nitrogens with one attached hydrogen (secondary N) is 1. The van der Waals surface area contributed by atoms with Crippen LogP contribution in [-0.2, 0) is 7.05 Å². The van der Waals surface area contributed by atoms with Crippen LogP contribution in [0.25, 0.3) is 0 Å². The molecule has 1 saturated heterocycles. The van der Waals surface area contributed by atoms with Gasteiger partial charge in [0.05, 0.1) is 0 Å². The minimum Gasteiger partial charge on any atom is -0.352 e. The van der Waals surface area contributed by atoms with Crippen LogP contribution in [-0.4, -0.2) is 50.8 Å². The smallest absolute Gasteiger partial charge is 0.242 e. The summed E-state index contributed by atoms with van der Waals surface area (Å²) in [7, 11) is 1.84. The highest BCUT2D eigenvalue weighted by molar-refractivity contribution is 5.21. The SMILES string of the molecule is CC(CNc1nnnn1C)N1CCCCC1. The first-order valence-corrected chi connectivity index (χ1v) is 5.97. The van der Waals surface area contributed by atoms with Gasteiger partial charge in [0.1, 0.15) is 0 Å². The highest BCUT2D eigenvalue weighted by atomic mass is 15.6. The number of anilines is 1. The lowest BCUT2D eigenvalue weighted by molar-refractivity contribution is 0.180. The van der Waals surface area contributed by atoms with Crippen LogP contribution >= 0.6 is 0 Å². The minimum absolute atomic E-state index is 0.539. The number of hydrogen-bond donors (Lipinski definition) is 1. The van der Waals surface area contributed by atoms with Crippen LogP contribution in [0.5, 0.6) is 0 Å². The maximum Gasteiger partial charge on any atom is 0.242 e. The summed E-state index contributed by atoms with van der Waals surface area (Å²) >= 11 is 0. The van der Waals surface area contributed by atoms with Crippen molar-refractivity contribution in [2.45, 2.75) is 32.2 Å². The molecule has 2 rings (SSSR count). The highest BCUT2D eigenvalue weighted by Gasteiger charge is 2.16. The lowest BCUT2D eigenvalue weighted by Crippen LogP contribution is -2.41. The molecule has 0 amide bonds. The summed E-state index contributed by atoms with van der Waals surface area (Å²) in [6.07, 6.45) is 4.04. The monoisotopic (exact) mass is 224 g/mol. The van der Waals surface area contributed by atoms with Crippen molar-refractivity contribution in [3.63, 3.8) is 0 Å². The van der Waals surface area contributed by atoms with Gasteiger partial charge in [-0.3, -0.25) is 4.90 Å². The van der Waals surface area contributed by atoms with Crippen molar-refractivity contribution in [2.75, 3.05) is 25.0 Å². The van der Waals surface area contributed by atoms with Crippen LogP contribution in [0.1, 0.15) is 26.2 Å². The minimum atomic E-state index is 0.539. The van der Waals surface area contributed by atoms with Gasteiger partial charge < -0.3 is 5.32 Å². The number of piperidine rings is 1. The third-order valence-electron chi connectivity index (χ3n) is 3.19. The molecule has 16 heavy (non-hydrogen) atoms. The number of nitrogens with zero attached hydrogens (tertiary/aromatic N) is 5. The Bertz CT molecular complexity index is 317. The third kappa shape index (κ3) is 2.69. The van der Waals surface area contributed by atoms with Crippen molar-refractivity contribution in [3.05, 3.63) is 0 Å². The molecule has 1 N–H and O–H groups in total. The zero-order valence-corrected chi connectivity index (χ0v) is 10.1. The van der Waals surface area contributed by atoms with Gasteiger partial charge in [-0.1, -0.05) is 11.5 Å². The van der Waals surface area contributed by atoms with Gasteiger partial charge in [-0.25, -0.2) is 4.68 Å². The Kier molecular flexibility index (Phi) is 3.71. The Labute approximate surface area is 96.0 Å². The molecule has 0 spiro atoms. The number of hydrogen-bond acceptors (Lipinski definition) is 5. The zero-order valence-electron chi connectivity index (χ0n) is 10.1. The second-order valence-electron chi connectivity index (χ2n) is 4.45. The lowest BCUT2D eigenvalue weighted by Gasteiger charge is -2.32. The van der Waals surface area contributed by atoms with E-state index < -0.39 is 0 Å². The largest absolute Gasteiger partial charge is 0.352 e. The van der Waals surface area contributed by atoms with E-state index >= 15 is 0 Å². The van der Waals surface area contributed by atoms with Crippen molar-refractivity contribution in [3.8, 4) is 0 Å². The summed E-state index contributed by atoms with van der Waals surface area (Å²) in [5.74, 6) is 0.740. The topological polar surface area (TPSA) is 58.9 Å². The summed E-state index contributed by atoms with van der Waals surface area (Å²) in [5.41, 5.74) is 0. The average Bonchev–Trinajstić information content (AvgIpc) is 2.73. The van der Waals surface area contributed by atoms with Gasteiger partial charge in [0, 0.05) is 19.6 Å². The van der Waals surface area contributed by atoms with E-state index in [-0.39, 0.29) is 0 Å². The summed E-state index contributed by atoms with van der Waals surface area (Å²) in [6, 6.07) is 0.539. The van der Waals surface area contributed by atoms with Crippen LogP contribution in [0.15, 0.2) is 0 Å². The van der Waals surface area contributed by atoms with Crippen molar-refractivity contribution in [1.29, 1.82) is 0 Å². The second kappa shape index (κ2) is 5.25. The van der Waals surface area contributed by atoms with Crippen molar-refractivity contribution < 1.29 is 0 Å². The molecule has 1 aromatic heterocycles. The third-order valence-corrected chi connectivity index (χ3v) is 3.19. The summed E-state index contributed by atoms with van der Waals surface area (Å²) < 4.78 is 1.66. The molecule has 1 aliphatic heterocycles. The van der Waals surface area contributed by atoms with Gasteiger partial charge in [0.15, 0.2) is 0 Å². The van der Waals surface area contributed by atoms with Crippen LogP contribution in [0, 0.1) is 0 Å². The van der Waals surface area contributed by atoms with E-state index in [0.29, 0.717) is 6.04 Å². The molecule has 1 aromatic rings. The van der Waals surface area contributed by atoms with E-state index in [0.717, 1.165) is 12.5 Å². The molecule has 6 nitrogen and oxygen atoms in total. The van der Waals surface area contributed by atoms with Gasteiger partial charge in [-0.05, 0) is 43.3 Å². The predicted octanol–water partition coefficient (Wildman–Crippen LogP) is 0.496. The van der Waals surface area contributed by atoms with E-state index in [2.05, 4.69) is 32.7 Å². The summed E-state index contributed by atoms with van der Waals surface area (Å²) in [4.78, 5) is 2.53. The summed E-state index contributed by atoms with van der Waals surface area (Å²) in [5, 5.41) is 14.6. The standard InChI is InChI=1S/C10H20N6/c1-9(16-6-4-3-5-7-16)8-11-10-12-13-14-15(10)2/h9H,3-8H2,1-2H3,(H,11,12,14). The molecule has 0 aromatic carbocycles. The van der Waals surface area contributed by atoms with E-state index in [4.69, 9.17) is 0 Å². The molecule has 6 heteroatoms. The molecule has 2 heterocycles. The van der Waals surface area contributed by atoms with Crippen LogP contribution in [0.3, 0.4) is 0 Å². The molecular formula is C10H20N6. The second-order valence-corrected chi connectivity index (χ2v) is 4.45. The summed E-state index contributed by atoms with van der Waals surface area (Å²) in [6.45, 7) is 5.59. The van der Waals surface area contributed by atoms with E-state index in [9.17, 15) is 0 Å². The molecule has 0 aliphatic carbocycles. The number of rotatable bonds is 4. The highest BCUT2D eigenvalue weighted by Crippen LogP contribution is 2.12. The predicted molar refractivity (Wildman–Crippen MR) is 62.2 cm³/mol. The van der Waals surface area contributed by atoms with Crippen LogP contribution < -0.4 is 5.32 Å².